The molecule has 1 amide bonds. The van der Waals surface area contributed by atoms with Gasteiger partial charge in [-0.2, -0.15) is 26.7 Å². The van der Waals surface area contributed by atoms with Gasteiger partial charge < -0.3 is 25.0 Å². The van der Waals surface area contributed by atoms with E-state index in [2.05, 4.69) is 120 Å². The summed E-state index contributed by atoms with van der Waals surface area (Å²) in [5, 5.41) is 25.7. The normalized spacial score (nSPS) is 27.5. The van der Waals surface area contributed by atoms with Gasteiger partial charge in [-0.1, -0.05) is 59.8 Å². The van der Waals surface area contributed by atoms with Crippen LogP contribution >= 0.6 is 0 Å². The molecule has 25 heteroatoms. The zero-order valence-corrected chi connectivity index (χ0v) is 58.6. The fraction of sp³-hybridized carbons (Fsp3) is 0.459. The van der Waals surface area contributed by atoms with Crippen LogP contribution in [0.3, 0.4) is 0 Å². The molecule has 2 spiro atoms. The molecule has 99 heavy (non-hydrogen) atoms. The molecule has 4 N–H and O–H groups in total. The number of ketones is 3. The van der Waals surface area contributed by atoms with Crippen LogP contribution in [0.15, 0.2) is 22.8 Å². The van der Waals surface area contributed by atoms with Crippen LogP contribution in [0.1, 0.15) is 187 Å². The number of aromatic nitrogens is 4. The molecule has 4 aromatic rings. The van der Waals surface area contributed by atoms with Crippen molar-refractivity contribution in [1.29, 1.82) is 0 Å². The number of hydrogen-bond donors (Lipinski definition) is 4. The van der Waals surface area contributed by atoms with E-state index in [1.165, 1.54) is 19.9 Å². The predicted molar refractivity (Wildman–Crippen MR) is 361 cm³/mol. The van der Waals surface area contributed by atoms with E-state index in [0.29, 0.717) is 56.6 Å². The van der Waals surface area contributed by atoms with E-state index in [1.807, 2.05) is 27.7 Å². The summed E-state index contributed by atoms with van der Waals surface area (Å²) in [7, 11) is -1.78. The Bertz CT molecular complexity index is 5450. The zero-order chi connectivity index (χ0) is 70.7. The van der Waals surface area contributed by atoms with Crippen molar-refractivity contribution in [2.45, 2.75) is 140 Å². The molecule has 0 bridgehead atoms. The average Bonchev–Trinajstić information content (AvgIpc) is 1.48. The van der Waals surface area contributed by atoms with Crippen LogP contribution in [0.4, 0.5) is 0 Å². The molecule has 0 radical (unpaired) electrons. The number of amides is 1. The molecule has 0 saturated heterocycles. The number of esters is 2. The van der Waals surface area contributed by atoms with Gasteiger partial charge in [0.1, 0.15) is 0 Å². The van der Waals surface area contributed by atoms with Crippen LogP contribution in [0.5, 0.6) is 0 Å². The molecule has 0 aromatic carbocycles. The summed E-state index contributed by atoms with van der Waals surface area (Å²) >= 11 is 0. The Morgan fingerprint density at radius 2 is 1.14 bits per heavy atom. The van der Waals surface area contributed by atoms with Crippen molar-refractivity contribution in [3.8, 4) is 0 Å². The van der Waals surface area contributed by atoms with Crippen molar-refractivity contribution in [3.05, 3.63) is 111 Å². The summed E-state index contributed by atoms with van der Waals surface area (Å²) in [4.78, 5) is 107. The molecule has 17 rings (SSSR count). The van der Waals surface area contributed by atoms with E-state index in [9.17, 15) is 61.5 Å². The van der Waals surface area contributed by atoms with Gasteiger partial charge in [-0.15, -0.1) is 0 Å². The second kappa shape index (κ2) is 21.0. The molecule has 12 aliphatic heterocycles. The van der Waals surface area contributed by atoms with Crippen molar-refractivity contribution in [2.24, 2.45) is 53.3 Å². The predicted octanol–water partition coefficient (Wildman–Crippen LogP) is 4.38. The number of carboxylic acid groups (broad SMARTS) is 2. The minimum atomic E-state index is -4.38. The number of carboxylic acids is 2. The summed E-state index contributed by atoms with van der Waals surface area (Å²) in [6, 6.07) is 0. The fourth-order valence-corrected chi connectivity index (χ4v) is 20.9. The lowest BCUT2D eigenvalue weighted by atomic mass is 9.81. The van der Waals surface area contributed by atoms with Crippen LogP contribution in [-0.2, 0) is 50.6 Å². The SMILES string of the molecule is CC[C@H]1C2=Cc3c(C)c(C(=O)NCCS(=O)(=O)O)c4n3C35n6c(c(C)c(C(C)=O)c6=CC(=[N+]23)[C@@H]1C)=CC1=[N+]5C(=C4CC(=O)OC)C(CCC(=O)O)[C@@H]1C.CC[C@H]1C2=[N+]3C(=Cc4c(C(C)=O)c(C)c5n4C34n3c(c(C)c6c3=C(C3=[N+]4C(=C5)[C@@H](C)C3CCC(=O)O)C(C(=O)OC)C6=O)=C2)[C@@H]1C. The van der Waals surface area contributed by atoms with Gasteiger partial charge in [-0.25, -0.2) is 0 Å². The molecule has 0 fully saturated rings. The highest BCUT2D eigenvalue weighted by atomic mass is 32.2. The molecule has 24 nitrogen and oxygen atoms in total. The molecule has 16 heterocycles. The number of Topliss-reactive ketones (excluding diaryl/α,β-unsaturated/α-hetero) is 3. The lowest BCUT2D eigenvalue weighted by Gasteiger charge is -2.39. The first-order valence-corrected chi connectivity index (χ1v) is 35.9. The minimum absolute atomic E-state index is 0.00588. The Morgan fingerprint density at radius 3 is 1.77 bits per heavy atom. The standard InChI is InChI=1S/C38H41N5O9S.C36H35N4O6/c1-8-22-17(2)25-16-30-33(21(6)44)19(4)27-14-26-18(3)23(9-10-31(45)46)35-24(13-32(47)52-7)36-34(37(48)39-11-12-53(49,50)51)20(5)28-15-29(22)40(25)38(41(27)30,42(26)35)43(28)36;1-8-19-14(2)21-13-26-28(18(6)41)16(4)23-11-22-15(3)20(9-10-27(42)43)32-30-31(35(45)46-7)34(44)29-17(5)24-12-25(19)37(21)36(38(23)26,39(22)32)40(24)33(29)30/h14-18,22-23H,8-13H2,1-7H3,(H-2,39,45,46,48,49,50,51);11-15,19-20,31H,8-10H2,1-7H3/q;+1/p+3/t17-,18+,22-,23?,38?;14-,15+,19-,20?,31?,36?/m11/s1. The zero-order valence-electron chi connectivity index (χ0n) is 57.8. The summed E-state index contributed by atoms with van der Waals surface area (Å²) in [5.41, 5.74) is 17.0. The molecule has 0 saturated carbocycles. The number of hydrogen-bond acceptors (Lipinski definition) is 12. The van der Waals surface area contributed by atoms with Crippen molar-refractivity contribution < 1.29 is 89.3 Å². The van der Waals surface area contributed by atoms with Gasteiger partial charge in [0.25, 0.3) is 16.0 Å². The van der Waals surface area contributed by atoms with E-state index < -0.39 is 63.4 Å². The van der Waals surface area contributed by atoms with Crippen LogP contribution in [0.25, 0.3) is 47.6 Å². The highest BCUT2D eigenvalue weighted by Crippen LogP contribution is 2.59. The van der Waals surface area contributed by atoms with Gasteiger partial charge in [0, 0.05) is 72.5 Å². The molecule has 512 valence electrons. The fourth-order valence-electron chi connectivity index (χ4n) is 20.6. The van der Waals surface area contributed by atoms with E-state index in [1.54, 1.807) is 13.8 Å². The number of carbonyl (C=O) groups excluding carboxylic acids is 6. The number of fused-ring (bicyclic) bond motifs is 1. The Morgan fingerprint density at radius 1 is 0.596 bits per heavy atom. The Labute approximate surface area is 569 Å². The van der Waals surface area contributed by atoms with Crippen molar-refractivity contribution in [1.82, 2.24) is 23.6 Å². The number of carbonyl (C=O) groups is 8. The van der Waals surface area contributed by atoms with Gasteiger partial charge in [0.15, 0.2) is 57.5 Å². The third-order valence-corrected chi connectivity index (χ3v) is 25.2. The van der Waals surface area contributed by atoms with Crippen LogP contribution in [0.2, 0.25) is 0 Å². The maximum atomic E-state index is 14.5. The minimum Gasteiger partial charge on any atom is -0.481 e. The summed E-state index contributed by atoms with van der Waals surface area (Å²) < 4.78 is 61.4. The molecule has 5 unspecified atom stereocenters. The number of nitrogens with zero attached hydrogens (tertiary/aromatic N) is 8. The number of allylic oxidation sites excluding steroid dienone is 4. The summed E-state index contributed by atoms with van der Waals surface area (Å²) in [6.07, 6.45) is 14.8. The average molecular weight is 1370 g/mol. The quantitative estimate of drug-likeness (QED) is 0.0375. The third kappa shape index (κ3) is 7.59. The van der Waals surface area contributed by atoms with E-state index in [4.69, 9.17) is 9.47 Å². The second-order valence-corrected chi connectivity index (χ2v) is 30.5. The number of ether oxygens (including phenoxy) is 2. The molecular weight excluding hydrogens is 1290 g/mol. The number of methoxy groups -OCH3 is 2. The maximum Gasteiger partial charge on any atom is 0.552 e. The third-order valence-electron chi connectivity index (χ3n) is 24.5. The van der Waals surface area contributed by atoms with Gasteiger partial charge in [0.2, 0.25) is 11.4 Å². The summed E-state index contributed by atoms with van der Waals surface area (Å²) in [5.74, 6) is -8.66. The van der Waals surface area contributed by atoms with Gasteiger partial charge in [0.05, 0.1) is 135 Å². The Balaban J connectivity index is 0.000000156. The topological polar surface area (TPSA) is 294 Å². The second-order valence-electron chi connectivity index (χ2n) is 29.0. The molecule has 4 aromatic heterocycles. The highest BCUT2D eigenvalue weighted by Gasteiger charge is 2.79. The molecule has 11 atom stereocenters. The lowest BCUT2D eigenvalue weighted by Crippen LogP contribution is -2.70. The van der Waals surface area contributed by atoms with Crippen molar-refractivity contribution in [2.75, 3.05) is 26.5 Å². The van der Waals surface area contributed by atoms with Gasteiger partial charge >= 0.3 is 35.7 Å². The maximum absolute atomic E-state index is 14.5. The number of nitrogens with one attached hydrogen (secondary N) is 1. The molecular formula is C74H79N9O15S+4. The first-order chi connectivity index (χ1) is 46.9. The van der Waals surface area contributed by atoms with Crippen LogP contribution < -0.4 is 26.7 Å². The van der Waals surface area contributed by atoms with E-state index in [0.717, 1.165) is 96.9 Å². The van der Waals surface area contributed by atoms with Gasteiger partial charge in [-0.05, 0) is 89.5 Å². The largest absolute Gasteiger partial charge is 0.552 e. The monoisotopic (exact) mass is 1370 g/mol. The number of rotatable bonds is 17. The van der Waals surface area contributed by atoms with E-state index >= 15 is 0 Å². The first-order valence-electron chi connectivity index (χ1n) is 34.3. The Hall–Kier alpha value is -9.49. The van der Waals surface area contributed by atoms with Crippen molar-refractivity contribution >= 4 is 128 Å². The van der Waals surface area contributed by atoms with Crippen molar-refractivity contribution in [3.63, 3.8) is 0 Å². The highest BCUT2D eigenvalue weighted by molar-refractivity contribution is 7.85. The van der Waals surface area contributed by atoms with Crippen LogP contribution in [-0.4, -0.2) is 156 Å². The summed E-state index contributed by atoms with van der Waals surface area (Å²) in [6.45, 7) is 23.6. The van der Waals surface area contributed by atoms with E-state index in [-0.39, 0.29) is 102 Å². The molecule has 1 aliphatic carbocycles. The first kappa shape index (κ1) is 64.2. The number of aliphatic carboxylic acids is 2. The van der Waals surface area contributed by atoms with Gasteiger partial charge in [-0.3, -0.25) is 42.9 Å². The lowest BCUT2D eigenvalue weighted by molar-refractivity contribution is -0.838. The Kier molecular flexibility index (Phi) is 13.6. The molecule has 13 aliphatic rings. The smallest absolute Gasteiger partial charge is 0.481 e. The van der Waals surface area contributed by atoms with Crippen LogP contribution in [0, 0.1) is 81.0 Å².